The Morgan fingerprint density at radius 3 is 2.21 bits per heavy atom. The molecule has 1 saturated heterocycles. The lowest BCUT2D eigenvalue weighted by molar-refractivity contribution is -0.134. The standard InChI is InChI=1S/C15H20ClNO2/c1-11(2)12-3-5-13(6-4-12)14(16)15(18)17-7-9-19-10-8-17/h3-6,11,14H,7-10H2,1-2H3. The van der Waals surface area contributed by atoms with Crippen LogP contribution in [0.5, 0.6) is 0 Å². The van der Waals surface area contributed by atoms with Crippen molar-refractivity contribution >= 4 is 17.5 Å². The molecule has 1 aliphatic rings. The fourth-order valence-electron chi connectivity index (χ4n) is 2.14. The molecule has 1 unspecified atom stereocenters. The van der Waals surface area contributed by atoms with E-state index in [0.29, 0.717) is 32.2 Å². The number of amides is 1. The molecule has 19 heavy (non-hydrogen) atoms. The number of hydrogen-bond donors (Lipinski definition) is 0. The minimum atomic E-state index is -0.598. The number of benzene rings is 1. The maximum atomic E-state index is 12.3. The minimum Gasteiger partial charge on any atom is -0.378 e. The van der Waals surface area contributed by atoms with Gasteiger partial charge in [-0.25, -0.2) is 0 Å². The van der Waals surface area contributed by atoms with Crippen LogP contribution in [0.3, 0.4) is 0 Å². The highest BCUT2D eigenvalue weighted by molar-refractivity contribution is 6.30. The van der Waals surface area contributed by atoms with Crippen LogP contribution in [0.1, 0.15) is 36.3 Å². The quantitative estimate of drug-likeness (QED) is 0.797. The molecule has 3 nitrogen and oxygen atoms in total. The normalized spacial score (nSPS) is 17.6. The Kier molecular flexibility index (Phi) is 4.83. The molecule has 1 aliphatic heterocycles. The van der Waals surface area contributed by atoms with Crippen LogP contribution in [0, 0.1) is 0 Å². The fourth-order valence-corrected chi connectivity index (χ4v) is 2.42. The SMILES string of the molecule is CC(C)c1ccc(C(Cl)C(=O)N2CCOCC2)cc1. The number of carbonyl (C=O) groups excluding carboxylic acids is 1. The molecule has 1 atom stereocenters. The third-order valence-corrected chi connectivity index (χ3v) is 3.87. The molecule has 0 aliphatic carbocycles. The average molecular weight is 282 g/mol. The summed E-state index contributed by atoms with van der Waals surface area (Å²) in [4.78, 5) is 14.0. The van der Waals surface area contributed by atoms with Gasteiger partial charge in [-0.05, 0) is 17.0 Å². The summed E-state index contributed by atoms with van der Waals surface area (Å²) >= 11 is 6.29. The van der Waals surface area contributed by atoms with E-state index in [0.717, 1.165) is 5.56 Å². The summed E-state index contributed by atoms with van der Waals surface area (Å²) in [7, 11) is 0. The monoisotopic (exact) mass is 281 g/mol. The van der Waals surface area contributed by atoms with E-state index in [-0.39, 0.29) is 5.91 Å². The van der Waals surface area contributed by atoms with E-state index in [1.165, 1.54) is 5.56 Å². The van der Waals surface area contributed by atoms with E-state index in [2.05, 4.69) is 13.8 Å². The van der Waals surface area contributed by atoms with Gasteiger partial charge in [0.05, 0.1) is 13.2 Å². The van der Waals surface area contributed by atoms with Crippen molar-refractivity contribution in [3.05, 3.63) is 35.4 Å². The van der Waals surface area contributed by atoms with E-state index in [9.17, 15) is 4.79 Å². The Morgan fingerprint density at radius 2 is 1.68 bits per heavy atom. The maximum absolute atomic E-state index is 12.3. The molecular weight excluding hydrogens is 262 g/mol. The first-order valence-electron chi connectivity index (χ1n) is 6.70. The summed E-state index contributed by atoms with van der Waals surface area (Å²) in [5, 5.41) is -0.598. The number of alkyl halides is 1. The van der Waals surface area contributed by atoms with Crippen LogP contribution in [-0.2, 0) is 9.53 Å². The number of carbonyl (C=O) groups is 1. The number of halogens is 1. The van der Waals surface area contributed by atoms with Crippen molar-refractivity contribution in [3.8, 4) is 0 Å². The predicted molar refractivity (Wildman–Crippen MR) is 76.5 cm³/mol. The first-order chi connectivity index (χ1) is 9.09. The minimum absolute atomic E-state index is 0.0257. The third kappa shape index (κ3) is 3.48. The molecule has 0 radical (unpaired) electrons. The summed E-state index contributed by atoms with van der Waals surface area (Å²) in [5.41, 5.74) is 2.12. The lowest BCUT2D eigenvalue weighted by Gasteiger charge is -2.28. The molecule has 0 bridgehead atoms. The topological polar surface area (TPSA) is 29.5 Å². The molecule has 2 rings (SSSR count). The highest BCUT2D eigenvalue weighted by Gasteiger charge is 2.25. The van der Waals surface area contributed by atoms with Crippen molar-refractivity contribution in [1.82, 2.24) is 4.90 Å². The average Bonchev–Trinajstić information content (AvgIpc) is 2.46. The maximum Gasteiger partial charge on any atom is 0.245 e. The fraction of sp³-hybridized carbons (Fsp3) is 0.533. The second kappa shape index (κ2) is 6.40. The van der Waals surface area contributed by atoms with Gasteiger partial charge in [0.25, 0.3) is 0 Å². The van der Waals surface area contributed by atoms with Crippen LogP contribution in [0.25, 0.3) is 0 Å². The van der Waals surface area contributed by atoms with Crippen LogP contribution in [-0.4, -0.2) is 37.1 Å². The van der Waals surface area contributed by atoms with Gasteiger partial charge < -0.3 is 9.64 Å². The molecule has 1 amide bonds. The third-order valence-electron chi connectivity index (χ3n) is 3.44. The summed E-state index contributed by atoms with van der Waals surface area (Å²) in [5.74, 6) is 0.458. The summed E-state index contributed by atoms with van der Waals surface area (Å²) < 4.78 is 5.24. The van der Waals surface area contributed by atoms with Gasteiger partial charge >= 0.3 is 0 Å². The van der Waals surface area contributed by atoms with Crippen molar-refractivity contribution in [2.45, 2.75) is 25.1 Å². The number of hydrogen-bond acceptors (Lipinski definition) is 2. The van der Waals surface area contributed by atoms with E-state index in [1.807, 2.05) is 24.3 Å². The molecule has 0 N–H and O–H groups in total. The van der Waals surface area contributed by atoms with Gasteiger partial charge in [0, 0.05) is 13.1 Å². The van der Waals surface area contributed by atoms with Gasteiger partial charge in [-0.3, -0.25) is 4.79 Å². The van der Waals surface area contributed by atoms with Crippen LogP contribution >= 0.6 is 11.6 Å². The van der Waals surface area contributed by atoms with Crippen molar-refractivity contribution in [2.75, 3.05) is 26.3 Å². The number of ether oxygens (including phenoxy) is 1. The Bertz CT molecular complexity index is 424. The van der Waals surface area contributed by atoms with E-state index < -0.39 is 5.38 Å². The highest BCUT2D eigenvalue weighted by atomic mass is 35.5. The Hall–Kier alpha value is -1.06. The molecule has 1 aromatic rings. The first kappa shape index (κ1) is 14.4. The second-order valence-corrected chi connectivity index (χ2v) is 5.56. The van der Waals surface area contributed by atoms with Crippen LogP contribution in [0.4, 0.5) is 0 Å². The summed E-state index contributed by atoms with van der Waals surface area (Å²) in [6.45, 7) is 6.75. The van der Waals surface area contributed by atoms with Gasteiger partial charge in [0.2, 0.25) is 5.91 Å². The van der Waals surface area contributed by atoms with Gasteiger partial charge in [-0.2, -0.15) is 0 Å². The van der Waals surface area contributed by atoms with Crippen LogP contribution in [0.2, 0.25) is 0 Å². The van der Waals surface area contributed by atoms with Gasteiger partial charge in [-0.1, -0.05) is 38.1 Å². The van der Waals surface area contributed by atoms with Crippen LogP contribution < -0.4 is 0 Å². The van der Waals surface area contributed by atoms with Crippen LogP contribution in [0.15, 0.2) is 24.3 Å². The molecule has 1 heterocycles. The number of rotatable bonds is 3. The van der Waals surface area contributed by atoms with Gasteiger partial charge in [0.15, 0.2) is 0 Å². The number of nitrogens with zero attached hydrogens (tertiary/aromatic N) is 1. The zero-order valence-corrected chi connectivity index (χ0v) is 12.2. The zero-order valence-electron chi connectivity index (χ0n) is 11.4. The van der Waals surface area contributed by atoms with Crippen molar-refractivity contribution in [3.63, 3.8) is 0 Å². The molecule has 104 valence electrons. The largest absolute Gasteiger partial charge is 0.378 e. The Balaban J connectivity index is 2.05. The van der Waals surface area contributed by atoms with Crippen molar-refractivity contribution < 1.29 is 9.53 Å². The Labute approximate surface area is 119 Å². The lowest BCUT2D eigenvalue weighted by atomic mass is 10.0. The highest BCUT2D eigenvalue weighted by Crippen LogP contribution is 2.25. The van der Waals surface area contributed by atoms with Gasteiger partial charge in [-0.15, -0.1) is 11.6 Å². The van der Waals surface area contributed by atoms with Crippen molar-refractivity contribution in [1.29, 1.82) is 0 Å². The molecule has 1 aromatic carbocycles. The molecule has 4 heteroatoms. The molecule has 0 spiro atoms. The predicted octanol–water partition coefficient (Wildman–Crippen LogP) is 2.95. The molecule has 0 aromatic heterocycles. The Morgan fingerprint density at radius 1 is 1.16 bits per heavy atom. The summed E-state index contributed by atoms with van der Waals surface area (Å²) in [6.07, 6.45) is 0. The molecular formula is C15H20ClNO2. The van der Waals surface area contributed by atoms with E-state index in [1.54, 1.807) is 4.90 Å². The smallest absolute Gasteiger partial charge is 0.245 e. The zero-order chi connectivity index (χ0) is 13.8. The molecule has 1 fully saturated rings. The van der Waals surface area contributed by atoms with Gasteiger partial charge in [0.1, 0.15) is 5.38 Å². The first-order valence-corrected chi connectivity index (χ1v) is 7.13. The van der Waals surface area contributed by atoms with E-state index in [4.69, 9.17) is 16.3 Å². The summed E-state index contributed by atoms with van der Waals surface area (Å²) in [6, 6.07) is 7.99. The van der Waals surface area contributed by atoms with Crippen molar-refractivity contribution in [2.24, 2.45) is 0 Å². The molecule has 0 saturated carbocycles. The second-order valence-electron chi connectivity index (χ2n) is 5.12. The lowest BCUT2D eigenvalue weighted by Crippen LogP contribution is -2.42. The number of morpholine rings is 1. The van der Waals surface area contributed by atoms with E-state index >= 15 is 0 Å².